The molecule has 0 bridgehead atoms. The lowest BCUT2D eigenvalue weighted by Crippen LogP contribution is -2.24. The zero-order valence-corrected chi connectivity index (χ0v) is 15.0. The van der Waals surface area contributed by atoms with Crippen molar-refractivity contribution in [2.45, 2.75) is 27.2 Å². The average molecular weight is 339 g/mol. The second-order valence-electron chi connectivity index (χ2n) is 6.11. The third-order valence-electron chi connectivity index (χ3n) is 3.62. The van der Waals surface area contributed by atoms with Crippen molar-refractivity contribution in [1.29, 1.82) is 0 Å². The van der Waals surface area contributed by atoms with Crippen molar-refractivity contribution in [3.05, 3.63) is 59.2 Å². The summed E-state index contributed by atoms with van der Waals surface area (Å²) in [4.78, 5) is 24.1. The first kappa shape index (κ1) is 18.5. The number of hydrogen-bond donors (Lipinski definition) is 3. The summed E-state index contributed by atoms with van der Waals surface area (Å²) in [6.07, 6.45) is 0.891. The number of aryl methyl sites for hydroxylation is 2. The van der Waals surface area contributed by atoms with Gasteiger partial charge in [0.2, 0.25) is 5.91 Å². The van der Waals surface area contributed by atoms with Crippen LogP contribution in [0.4, 0.5) is 11.4 Å². The van der Waals surface area contributed by atoms with Gasteiger partial charge in [0, 0.05) is 23.5 Å². The highest BCUT2D eigenvalue weighted by Gasteiger charge is 2.07. The van der Waals surface area contributed by atoms with Crippen LogP contribution in [-0.4, -0.2) is 24.9 Å². The molecule has 0 aliphatic heterocycles. The Labute approximate surface area is 148 Å². The zero-order valence-electron chi connectivity index (χ0n) is 15.0. The van der Waals surface area contributed by atoms with Gasteiger partial charge in [-0.25, -0.2) is 0 Å². The van der Waals surface area contributed by atoms with E-state index in [2.05, 4.69) is 22.0 Å². The van der Waals surface area contributed by atoms with E-state index in [9.17, 15) is 9.59 Å². The fourth-order valence-corrected chi connectivity index (χ4v) is 2.55. The second kappa shape index (κ2) is 8.87. The molecule has 0 aliphatic carbocycles. The van der Waals surface area contributed by atoms with Crippen molar-refractivity contribution in [2.24, 2.45) is 0 Å². The van der Waals surface area contributed by atoms with Crippen LogP contribution >= 0.6 is 0 Å². The highest BCUT2D eigenvalue weighted by atomic mass is 16.2. The van der Waals surface area contributed by atoms with Gasteiger partial charge in [0.15, 0.2) is 0 Å². The third kappa shape index (κ3) is 5.95. The minimum absolute atomic E-state index is 0.106. The van der Waals surface area contributed by atoms with Gasteiger partial charge in [0.25, 0.3) is 5.91 Å². The standard InChI is InChI=1S/C20H25N3O2/c1-4-8-21-20(25)16-6-5-7-17(12-16)22-13-19(24)23-18-10-14(2)9-15(3)11-18/h5-7,9-12,22H,4,8,13H2,1-3H3,(H,21,25)(H,23,24). The van der Waals surface area contributed by atoms with E-state index >= 15 is 0 Å². The summed E-state index contributed by atoms with van der Waals surface area (Å²) in [6, 6.07) is 13.1. The predicted octanol–water partition coefficient (Wildman–Crippen LogP) is 3.49. The molecule has 5 heteroatoms. The summed E-state index contributed by atoms with van der Waals surface area (Å²) in [7, 11) is 0. The monoisotopic (exact) mass is 339 g/mol. The summed E-state index contributed by atoms with van der Waals surface area (Å²) >= 11 is 0. The van der Waals surface area contributed by atoms with Gasteiger partial charge in [-0.3, -0.25) is 9.59 Å². The topological polar surface area (TPSA) is 70.2 Å². The van der Waals surface area contributed by atoms with Gasteiger partial charge in [-0.1, -0.05) is 19.1 Å². The van der Waals surface area contributed by atoms with Gasteiger partial charge in [0.1, 0.15) is 0 Å². The number of carbonyl (C=O) groups excluding carboxylic acids is 2. The van der Waals surface area contributed by atoms with Gasteiger partial charge in [-0.15, -0.1) is 0 Å². The molecule has 0 saturated carbocycles. The first-order valence-corrected chi connectivity index (χ1v) is 8.48. The maximum Gasteiger partial charge on any atom is 0.251 e. The van der Waals surface area contributed by atoms with Gasteiger partial charge in [-0.05, 0) is 61.7 Å². The molecule has 132 valence electrons. The lowest BCUT2D eigenvalue weighted by Gasteiger charge is -2.10. The Balaban J connectivity index is 1.92. The van der Waals surface area contributed by atoms with Gasteiger partial charge >= 0.3 is 0 Å². The van der Waals surface area contributed by atoms with Crippen molar-refractivity contribution in [3.63, 3.8) is 0 Å². The van der Waals surface area contributed by atoms with Gasteiger partial charge < -0.3 is 16.0 Å². The van der Waals surface area contributed by atoms with E-state index in [-0.39, 0.29) is 18.4 Å². The molecule has 0 aliphatic rings. The Hall–Kier alpha value is -2.82. The van der Waals surface area contributed by atoms with Crippen LogP contribution in [0.15, 0.2) is 42.5 Å². The van der Waals surface area contributed by atoms with Crippen LogP contribution in [0.5, 0.6) is 0 Å². The molecule has 0 unspecified atom stereocenters. The first-order valence-electron chi connectivity index (χ1n) is 8.48. The van der Waals surface area contributed by atoms with E-state index in [0.29, 0.717) is 12.1 Å². The van der Waals surface area contributed by atoms with Crippen LogP contribution < -0.4 is 16.0 Å². The molecule has 2 rings (SSSR count). The molecular formula is C20H25N3O2. The van der Waals surface area contributed by atoms with E-state index in [4.69, 9.17) is 0 Å². The number of nitrogens with one attached hydrogen (secondary N) is 3. The number of hydrogen-bond acceptors (Lipinski definition) is 3. The SMILES string of the molecule is CCCNC(=O)c1cccc(NCC(=O)Nc2cc(C)cc(C)c2)c1. The predicted molar refractivity (Wildman–Crippen MR) is 102 cm³/mol. The highest BCUT2D eigenvalue weighted by molar-refractivity contribution is 5.96. The minimum Gasteiger partial charge on any atom is -0.376 e. The molecule has 0 radical (unpaired) electrons. The van der Waals surface area contributed by atoms with Crippen LogP contribution in [0.25, 0.3) is 0 Å². The molecule has 2 aromatic carbocycles. The molecule has 0 heterocycles. The van der Waals surface area contributed by atoms with Crippen molar-refractivity contribution in [1.82, 2.24) is 5.32 Å². The van der Waals surface area contributed by atoms with Crippen molar-refractivity contribution in [3.8, 4) is 0 Å². The molecular weight excluding hydrogens is 314 g/mol. The molecule has 0 atom stereocenters. The second-order valence-corrected chi connectivity index (χ2v) is 6.11. The van der Waals surface area contributed by atoms with Gasteiger partial charge in [0.05, 0.1) is 6.54 Å². The molecule has 2 aromatic rings. The van der Waals surface area contributed by atoms with Crippen LogP contribution in [0, 0.1) is 13.8 Å². The van der Waals surface area contributed by atoms with Crippen LogP contribution in [0.3, 0.4) is 0 Å². The summed E-state index contributed by atoms with van der Waals surface area (Å²) in [5, 5.41) is 8.77. The largest absolute Gasteiger partial charge is 0.376 e. The molecule has 0 spiro atoms. The Morgan fingerprint density at radius 3 is 2.36 bits per heavy atom. The Bertz CT molecular complexity index is 736. The Morgan fingerprint density at radius 2 is 1.68 bits per heavy atom. The lowest BCUT2D eigenvalue weighted by atomic mass is 10.1. The smallest absolute Gasteiger partial charge is 0.251 e. The number of anilines is 2. The maximum atomic E-state index is 12.1. The maximum absolute atomic E-state index is 12.1. The summed E-state index contributed by atoms with van der Waals surface area (Å²) < 4.78 is 0. The lowest BCUT2D eigenvalue weighted by molar-refractivity contribution is -0.114. The Morgan fingerprint density at radius 1 is 0.960 bits per heavy atom. The number of rotatable bonds is 7. The number of amides is 2. The normalized spacial score (nSPS) is 10.2. The van der Waals surface area contributed by atoms with Crippen molar-refractivity contribution >= 4 is 23.2 Å². The van der Waals surface area contributed by atoms with E-state index in [0.717, 1.165) is 28.9 Å². The van der Waals surface area contributed by atoms with E-state index in [1.807, 2.05) is 39.0 Å². The molecule has 2 amide bonds. The van der Waals surface area contributed by atoms with E-state index < -0.39 is 0 Å². The molecule has 0 aromatic heterocycles. The number of carbonyl (C=O) groups is 2. The molecule has 25 heavy (non-hydrogen) atoms. The minimum atomic E-state index is -0.133. The number of benzene rings is 2. The van der Waals surface area contributed by atoms with Crippen molar-refractivity contribution in [2.75, 3.05) is 23.7 Å². The summed E-state index contributed by atoms with van der Waals surface area (Å²) in [5.41, 5.74) is 4.31. The quantitative estimate of drug-likeness (QED) is 0.723. The molecule has 3 N–H and O–H groups in total. The van der Waals surface area contributed by atoms with Crippen LogP contribution in [-0.2, 0) is 4.79 Å². The fourth-order valence-electron chi connectivity index (χ4n) is 2.55. The summed E-state index contributed by atoms with van der Waals surface area (Å²) in [5.74, 6) is -0.240. The van der Waals surface area contributed by atoms with Gasteiger partial charge in [-0.2, -0.15) is 0 Å². The van der Waals surface area contributed by atoms with E-state index in [1.165, 1.54) is 0 Å². The zero-order chi connectivity index (χ0) is 18.2. The Kier molecular flexibility index (Phi) is 6.57. The van der Waals surface area contributed by atoms with Crippen LogP contribution in [0.1, 0.15) is 34.8 Å². The molecule has 0 fully saturated rings. The fraction of sp³-hybridized carbons (Fsp3) is 0.300. The third-order valence-corrected chi connectivity index (χ3v) is 3.62. The highest BCUT2D eigenvalue weighted by Crippen LogP contribution is 2.14. The molecule has 5 nitrogen and oxygen atoms in total. The average Bonchev–Trinajstić information content (AvgIpc) is 2.57. The first-order chi connectivity index (χ1) is 12.0. The van der Waals surface area contributed by atoms with Crippen LogP contribution in [0.2, 0.25) is 0 Å². The van der Waals surface area contributed by atoms with Crippen molar-refractivity contribution < 1.29 is 9.59 Å². The summed E-state index contributed by atoms with van der Waals surface area (Å²) in [6.45, 7) is 6.78. The van der Waals surface area contributed by atoms with E-state index in [1.54, 1.807) is 18.2 Å². The molecule has 0 saturated heterocycles.